The van der Waals surface area contributed by atoms with Crippen LogP contribution in [0.1, 0.15) is 88.9 Å². The van der Waals surface area contributed by atoms with Crippen LogP contribution in [0.5, 0.6) is 0 Å². The zero-order valence-electron chi connectivity index (χ0n) is 15.2. The minimum absolute atomic E-state index is 0.0486. The number of rotatable bonds is 9. The molecule has 0 unspecified atom stereocenters. The highest BCUT2D eigenvalue weighted by Crippen LogP contribution is 2.29. The van der Waals surface area contributed by atoms with E-state index in [0.29, 0.717) is 11.7 Å². The van der Waals surface area contributed by atoms with Crippen molar-refractivity contribution in [3.05, 3.63) is 17.5 Å². The van der Waals surface area contributed by atoms with Crippen LogP contribution in [0.4, 0.5) is 0 Å². The maximum absolute atomic E-state index is 12.4. The number of carbonyl (C=O) groups is 1. The van der Waals surface area contributed by atoms with Gasteiger partial charge in [-0.05, 0) is 50.5 Å². The van der Waals surface area contributed by atoms with E-state index in [1.165, 1.54) is 0 Å². The molecular weight excluding hydrogens is 274 g/mol. The van der Waals surface area contributed by atoms with Crippen LogP contribution in [0.25, 0.3) is 0 Å². The zero-order valence-corrected chi connectivity index (χ0v) is 15.2. The third kappa shape index (κ3) is 4.11. The Morgan fingerprint density at radius 3 is 2.18 bits per heavy atom. The molecule has 0 aromatic carbocycles. The van der Waals surface area contributed by atoms with Gasteiger partial charge in [-0.25, -0.2) is 0 Å². The largest absolute Gasteiger partial charge is 0.350 e. The van der Waals surface area contributed by atoms with Crippen molar-refractivity contribution in [3.63, 3.8) is 0 Å². The zero-order chi connectivity index (χ0) is 16.8. The molecule has 1 rings (SSSR count). The first-order valence-corrected chi connectivity index (χ1v) is 8.81. The van der Waals surface area contributed by atoms with Crippen LogP contribution in [0.15, 0.2) is 6.07 Å². The lowest BCUT2D eigenvalue weighted by Crippen LogP contribution is -2.36. The maximum Gasteiger partial charge on any atom is 0.271 e. The van der Waals surface area contributed by atoms with Crippen molar-refractivity contribution in [3.8, 4) is 0 Å². The van der Waals surface area contributed by atoms with Gasteiger partial charge in [-0.1, -0.05) is 34.6 Å². The molecule has 4 heteroatoms. The fourth-order valence-electron chi connectivity index (χ4n) is 3.09. The molecule has 22 heavy (non-hydrogen) atoms. The molecule has 4 nitrogen and oxygen atoms in total. The lowest BCUT2D eigenvalue weighted by Gasteiger charge is -2.30. The van der Waals surface area contributed by atoms with Crippen molar-refractivity contribution in [2.75, 3.05) is 6.54 Å². The summed E-state index contributed by atoms with van der Waals surface area (Å²) in [6, 6.07) is 2.28. The molecule has 0 aliphatic rings. The second kappa shape index (κ2) is 8.35. The molecule has 0 radical (unpaired) electrons. The quantitative estimate of drug-likeness (QED) is 0.730. The highest BCUT2D eigenvalue weighted by molar-refractivity contribution is 5.92. The van der Waals surface area contributed by atoms with Crippen LogP contribution in [-0.2, 0) is 0 Å². The van der Waals surface area contributed by atoms with Gasteiger partial charge in [0.05, 0.1) is 6.04 Å². The van der Waals surface area contributed by atoms with Gasteiger partial charge in [-0.3, -0.25) is 9.48 Å². The van der Waals surface area contributed by atoms with Crippen LogP contribution in [-0.4, -0.2) is 22.2 Å². The van der Waals surface area contributed by atoms with Crippen LogP contribution in [0, 0.1) is 12.3 Å². The SMILES string of the molecule is CCC(CC)n1nc(C(=O)NCC(CC)(CC)CC)cc1C. The Labute approximate surface area is 135 Å². The van der Waals surface area contributed by atoms with Gasteiger partial charge in [-0.15, -0.1) is 0 Å². The van der Waals surface area contributed by atoms with E-state index in [1.54, 1.807) is 0 Å². The monoisotopic (exact) mass is 307 g/mol. The molecule has 1 amide bonds. The number of nitrogens with zero attached hydrogens (tertiary/aromatic N) is 2. The molecule has 0 fully saturated rings. The van der Waals surface area contributed by atoms with E-state index in [0.717, 1.165) is 44.3 Å². The van der Waals surface area contributed by atoms with Crippen LogP contribution < -0.4 is 5.32 Å². The number of aryl methyl sites for hydroxylation is 1. The fraction of sp³-hybridized carbons (Fsp3) is 0.778. The van der Waals surface area contributed by atoms with Crippen molar-refractivity contribution in [2.45, 2.75) is 79.7 Å². The van der Waals surface area contributed by atoms with Gasteiger partial charge in [0, 0.05) is 12.2 Å². The number of aromatic nitrogens is 2. The summed E-state index contributed by atoms with van der Waals surface area (Å²) in [5.74, 6) is -0.0486. The van der Waals surface area contributed by atoms with Crippen molar-refractivity contribution in [1.29, 1.82) is 0 Å². The van der Waals surface area contributed by atoms with E-state index >= 15 is 0 Å². The van der Waals surface area contributed by atoms with Crippen molar-refractivity contribution in [1.82, 2.24) is 15.1 Å². The Hall–Kier alpha value is -1.32. The maximum atomic E-state index is 12.4. The highest BCUT2D eigenvalue weighted by Gasteiger charge is 2.25. The summed E-state index contributed by atoms with van der Waals surface area (Å²) in [5.41, 5.74) is 1.82. The standard InChI is InChI=1S/C18H33N3O/c1-7-15(8-2)21-14(6)12-16(20-21)17(22)19-13-18(9-3,10-4)11-5/h12,15H,7-11,13H2,1-6H3,(H,19,22). The summed E-state index contributed by atoms with van der Waals surface area (Å²) < 4.78 is 2.00. The van der Waals surface area contributed by atoms with Crippen molar-refractivity contribution in [2.24, 2.45) is 5.41 Å². The van der Waals surface area contributed by atoms with Gasteiger partial charge in [0.15, 0.2) is 0 Å². The molecule has 0 aliphatic heterocycles. The van der Waals surface area contributed by atoms with Gasteiger partial charge in [-0.2, -0.15) is 5.10 Å². The molecule has 126 valence electrons. The van der Waals surface area contributed by atoms with Gasteiger partial charge in [0.25, 0.3) is 5.91 Å². The first-order chi connectivity index (χ1) is 10.5. The van der Waals surface area contributed by atoms with E-state index in [9.17, 15) is 4.79 Å². The topological polar surface area (TPSA) is 46.9 Å². The first kappa shape index (κ1) is 18.7. The summed E-state index contributed by atoms with van der Waals surface area (Å²) in [6.07, 6.45) is 5.32. The summed E-state index contributed by atoms with van der Waals surface area (Å²) in [7, 11) is 0. The molecule has 1 aromatic rings. The average molecular weight is 307 g/mol. The van der Waals surface area contributed by atoms with E-state index in [4.69, 9.17) is 0 Å². The normalized spacial score (nSPS) is 12.0. The first-order valence-electron chi connectivity index (χ1n) is 8.81. The number of hydrogen-bond acceptors (Lipinski definition) is 2. The molecule has 0 spiro atoms. The minimum Gasteiger partial charge on any atom is -0.350 e. The number of nitrogens with one attached hydrogen (secondary N) is 1. The van der Waals surface area contributed by atoms with E-state index in [1.807, 2.05) is 17.7 Å². The van der Waals surface area contributed by atoms with Crippen LogP contribution in [0.2, 0.25) is 0 Å². The molecule has 0 saturated carbocycles. The third-order valence-electron chi connectivity index (χ3n) is 5.32. The van der Waals surface area contributed by atoms with Crippen molar-refractivity contribution < 1.29 is 4.79 Å². The van der Waals surface area contributed by atoms with Crippen molar-refractivity contribution >= 4 is 5.91 Å². The second-order valence-corrected chi connectivity index (χ2v) is 6.33. The Bertz CT molecular complexity index is 462. The Kier molecular flexibility index (Phi) is 7.11. The third-order valence-corrected chi connectivity index (χ3v) is 5.32. The lowest BCUT2D eigenvalue weighted by atomic mass is 9.80. The van der Waals surface area contributed by atoms with Gasteiger partial charge in [0.1, 0.15) is 5.69 Å². The van der Waals surface area contributed by atoms with Gasteiger partial charge >= 0.3 is 0 Å². The Morgan fingerprint density at radius 2 is 1.73 bits per heavy atom. The van der Waals surface area contributed by atoms with Crippen LogP contribution >= 0.6 is 0 Å². The highest BCUT2D eigenvalue weighted by atomic mass is 16.1. The van der Waals surface area contributed by atoms with E-state index in [-0.39, 0.29) is 11.3 Å². The van der Waals surface area contributed by atoms with Gasteiger partial charge in [0.2, 0.25) is 0 Å². The van der Waals surface area contributed by atoms with Gasteiger partial charge < -0.3 is 5.32 Å². The fourth-order valence-corrected chi connectivity index (χ4v) is 3.09. The molecule has 0 saturated heterocycles. The Balaban J connectivity index is 2.80. The predicted molar refractivity (Wildman–Crippen MR) is 92.2 cm³/mol. The molecule has 1 N–H and O–H groups in total. The molecular formula is C18H33N3O. The number of carbonyl (C=O) groups excluding carboxylic acids is 1. The summed E-state index contributed by atoms with van der Waals surface area (Å²) in [6.45, 7) is 13.7. The number of amides is 1. The smallest absolute Gasteiger partial charge is 0.271 e. The average Bonchev–Trinajstić information content (AvgIpc) is 2.92. The molecule has 0 bridgehead atoms. The molecule has 0 aliphatic carbocycles. The summed E-state index contributed by atoms with van der Waals surface area (Å²) in [4.78, 5) is 12.4. The minimum atomic E-state index is -0.0486. The second-order valence-electron chi connectivity index (χ2n) is 6.33. The lowest BCUT2D eigenvalue weighted by molar-refractivity contribution is 0.0917. The molecule has 1 aromatic heterocycles. The summed E-state index contributed by atoms with van der Waals surface area (Å²) in [5, 5.41) is 7.63. The predicted octanol–water partition coefficient (Wildman–Crippen LogP) is 4.50. The van der Waals surface area contributed by atoms with E-state index in [2.05, 4.69) is 45.0 Å². The van der Waals surface area contributed by atoms with E-state index < -0.39 is 0 Å². The summed E-state index contributed by atoms with van der Waals surface area (Å²) >= 11 is 0. The molecule has 0 atom stereocenters. The number of hydrogen-bond donors (Lipinski definition) is 1. The Morgan fingerprint density at radius 1 is 1.18 bits per heavy atom. The van der Waals surface area contributed by atoms with Crippen LogP contribution in [0.3, 0.4) is 0 Å². The molecule has 1 heterocycles.